The molecule has 0 amide bonds. The first kappa shape index (κ1) is 26.4. The predicted molar refractivity (Wildman–Crippen MR) is 182 cm³/mol. The maximum Gasteiger partial charge on any atom is 0.123 e. The maximum atomic E-state index is 4.80. The smallest absolute Gasteiger partial charge is 0.123 e. The molecule has 0 unspecified atom stereocenters. The molecular weight excluding hydrogens is 543 g/mol. The summed E-state index contributed by atoms with van der Waals surface area (Å²) in [7, 11) is 0. The van der Waals surface area contributed by atoms with Gasteiger partial charge < -0.3 is 9.80 Å². The van der Waals surface area contributed by atoms with Crippen molar-refractivity contribution in [3.63, 3.8) is 0 Å². The monoisotopic (exact) mass is 571 g/mol. The lowest BCUT2D eigenvalue weighted by Gasteiger charge is -2.25. The number of rotatable bonds is 8. The zero-order chi connectivity index (χ0) is 28.8. The average Bonchev–Trinajstić information content (AvgIpc) is 3.58. The molecule has 6 aromatic carbocycles. The van der Waals surface area contributed by atoms with Crippen LogP contribution in [0.25, 0.3) is 21.0 Å². The van der Waals surface area contributed by atoms with Crippen LogP contribution < -0.4 is 9.80 Å². The minimum atomic E-state index is 1.01. The second-order valence-corrected chi connectivity index (χ2v) is 11.2. The highest BCUT2D eigenvalue weighted by Crippen LogP contribution is 2.39. The van der Waals surface area contributed by atoms with Gasteiger partial charge in [0.2, 0.25) is 0 Å². The van der Waals surface area contributed by atoms with Crippen molar-refractivity contribution < 1.29 is 0 Å². The number of benzene rings is 6. The highest BCUT2D eigenvalue weighted by atomic mass is 32.1. The van der Waals surface area contributed by atoms with Gasteiger partial charge in [-0.05, 0) is 90.5 Å². The quantitative estimate of drug-likeness (QED) is 0.181. The van der Waals surface area contributed by atoms with Crippen molar-refractivity contribution in [2.75, 3.05) is 9.80 Å². The molecule has 43 heavy (non-hydrogen) atoms. The van der Waals surface area contributed by atoms with Crippen molar-refractivity contribution in [2.45, 2.75) is 0 Å². The number of hydrogen-bond acceptors (Lipinski definition) is 4. The van der Waals surface area contributed by atoms with E-state index in [1.165, 1.54) is 0 Å². The molecule has 1 heterocycles. The van der Waals surface area contributed by atoms with Crippen LogP contribution in [0.2, 0.25) is 0 Å². The summed E-state index contributed by atoms with van der Waals surface area (Å²) in [5.74, 6) is 0. The van der Waals surface area contributed by atoms with Gasteiger partial charge in [-0.3, -0.25) is 0 Å². The van der Waals surface area contributed by atoms with E-state index in [0.29, 0.717) is 0 Å². The van der Waals surface area contributed by atoms with E-state index in [1.54, 1.807) is 11.3 Å². The van der Waals surface area contributed by atoms with Gasteiger partial charge in [-0.15, -0.1) is 11.3 Å². The minimum Gasteiger partial charge on any atom is -0.311 e. The number of anilines is 6. The van der Waals surface area contributed by atoms with Crippen molar-refractivity contribution in [1.29, 1.82) is 0 Å². The molecule has 0 spiro atoms. The Morgan fingerprint density at radius 3 is 1.05 bits per heavy atom. The van der Waals surface area contributed by atoms with Gasteiger partial charge in [0.05, 0.1) is 4.88 Å². The summed E-state index contributed by atoms with van der Waals surface area (Å²) in [6, 6.07) is 59.3. The topological polar surface area (TPSA) is 19.4 Å². The standard InChI is InChI=1S/C39H29N3S/c1-5-13-32(14-6-1)41(33-15-7-2-8-16-33)36-25-21-30(22-26-36)38-29-40-39(43-38)31-23-27-37(28-24-31)42(34-17-9-3-10-18-34)35-19-11-4-12-20-35/h1-29H. The average molecular weight is 572 g/mol. The molecule has 206 valence electrons. The van der Waals surface area contributed by atoms with Gasteiger partial charge in [0.25, 0.3) is 0 Å². The van der Waals surface area contributed by atoms with Crippen LogP contribution in [0.3, 0.4) is 0 Å². The summed E-state index contributed by atoms with van der Waals surface area (Å²) < 4.78 is 0. The Hall–Kier alpha value is -5.45. The zero-order valence-electron chi connectivity index (χ0n) is 23.5. The van der Waals surface area contributed by atoms with Gasteiger partial charge in [0.15, 0.2) is 0 Å². The molecular formula is C39H29N3S. The third-order valence-electron chi connectivity index (χ3n) is 7.35. The normalized spacial score (nSPS) is 10.8. The molecule has 1 aromatic heterocycles. The first-order chi connectivity index (χ1) is 21.3. The van der Waals surface area contributed by atoms with Crippen molar-refractivity contribution >= 4 is 45.5 Å². The van der Waals surface area contributed by atoms with Gasteiger partial charge in [-0.25, -0.2) is 4.98 Å². The molecule has 3 nitrogen and oxygen atoms in total. The predicted octanol–water partition coefficient (Wildman–Crippen LogP) is 11.4. The summed E-state index contributed by atoms with van der Waals surface area (Å²) in [4.78, 5) is 10.5. The molecule has 0 atom stereocenters. The fourth-order valence-electron chi connectivity index (χ4n) is 5.27. The molecule has 0 bridgehead atoms. The summed E-state index contributed by atoms with van der Waals surface area (Å²) in [6.07, 6.45) is 1.98. The van der Waals surface area contributed by atoms with E-state index >= 15 is 0 Å². The first-order valence-corrected chi connectivity index (χ1v) is 15.1. The second-order valence-electron chi connectivity index (χ2n) is 10.1. The SMILES string of the molecule is c1ccc(N(c2ccccc2)c2ccc(-c3cnc(-c4ccc(N(c5ccccc5)c5ccccc5)cc4)s3)cc2)cc1. The molecule has 0 radical (unpaired) electrons. The van der Waals surface area contributed by atoms with E-state index in [2.05, 4.69) is 155 Å². The van der Waals surface area contributed by atoms with Crippen molar-refractivity contribution in [2.24, 2.45) is 0 Å². The molecule has 0 N–H and O–H groups in total. The Morgan fingerprint density at radius 1 is 0.349 bits per heavy atom. The number of nitrogens with zero attached hydrogens (tertiary/aromatic N) is 3. The molecule has 7 aromatic rings. The van der Waals surface area contributed by atoms with Crippen LogP contribution >= 0.6 is 11.3 Å². The lowest BCUT2D eigenvalue weighted by atomic mass is 10.1. The van der Waals surface area contributed by atoms with Gasteiger partial charge >= 0.3 is 0 Å². The minimum absolute atomic E-state index is 1.01. The van der Waals surface area contributed by atoms with E-state index in [0.717, 1.165) is 55.1 Å². The highest BCUT2D eigenvalue weighted by Gasteiger charge is 2.15. The van der Waals surface area contributed by atoms with Crippen LogP contribution in [-0.2, 0) is 0 Å². The van der Waals surface area contributed by atoms with Gasteiger partial charge in [-0.1, -0.05) is 84.9 Å². The molecule has 0 aliphatic carbocycles. The van der Waals surface area contributed by atoms with Crippen molar-refractivity contribution in [3.8, 4) is 21.0 Å². The third-order valence-corrected chi connectivity index (χ3v) is 8.44. The van der Waals surface area contributed by atoms with Crippen LogP contribution in [-0.4, -0.2) is 4.98 Å². The van der Waals surface area contributed by atoms with Crippen molar-refractivity contribution in [1.82, 2.24) is 4.98 Å². The Morgan fingerprint density at radius 2 is 0.674 bits per heavy atom. The van der Waals surface area contributed by atoms with E-state index in [4.69, 9.17) is 4.98 Å². The summed E-state index contributed by atoms with van der Waals surface area (Å²) in [5, 5.41) is 1.01. The highest BCUT2D eigenvalue weighted by molar-refractivity contribution is 7.18. The maximum absolute atomic E-state index is 4.80. The molecule has 0 saturated heterocycles. The fourth-order valence-corrected chi connectivity index (χ4v) is 6.20. The number of para-hydroxylation sites is 4. The molecule has 0 fully saturated rings. The van der Waals surface area contributed by atoms with E-state index in [-0.39, 0.29) is 0 Å². The number of aromatic nitrogens is 1. The second kappa shape index (κ2) is 12.2. The molecule has 7 rings (SSSR count). The van der Waals surface area contributed by atoms with E-state index in [1.807, 2.05) is 30.5 Å². The molecule has 0 aliphatic heterocycles. The van der Waals surface area contributed by atoms with Crippen molar-refractivity contribution in [3.05, 3.63) is 176 Å². The van der Waals surface area contributed by atoms with Crippen LogP contribution in [0, 0.1) is 0 Å². The van der Waals surface area contributed by atoms with Gasteiger partial charge in [0.1, 0.15) is 5.01 Å². The summed E-state index contributed by atoms with van der Waals surface area (Å²) in [5.41, 5.74) is 8.99. The van der Waals surface area contributed by atoms with Crippen LogP contribution in [0.5, 0.6) is 0 Å². The van der Waals surface area contributed by atoms with Crippen LogP contribution in [0.15, 0.2) is 176 Å². The molecule has 4 heteroatoms. The zero-order valence-corrected chi connectivity index (χ0v) is 24.3. The molecule has 0 aliphatic rings. The van der Waals surface area contributed by atoms with Crippen LogP contribution in [0.4, 0.5) is 34.1 Å². The largest absolute Gasteiger partial charge is 0.311 e. The summed E-state index contributed by atoms with van der Waals surface area (Å²) >= 11 is 1.71. The van der Waals surface area contributed by atoms with Gasteiger partial charge in [-0.2, -0.15) is 0 Å². The van der Waals surface area contributed by atoms with E-state index < -0.39 is 0 Å². The van der Waals surface area contributed by atoms with Crippen LogP contribution in [0.1, 0.15) is 0 Å². The Balaban J connectivity index is 1.15. The number of hydrogen-bond donors (Lipinski definition) is 0. The Labute approximate surface area is 256 Å². The lowest BCUT2D eigenvalue weighted by molar-refractivity contribution is 1.28. The first-order valence-electron chi connectivity index (χ1n) is 14.3. The van der Waals surface area contributed by atoms with E-state index in [9.17, 15) is 0 Å². The lowest BCUT2D eigenvalue weighted by Crippen LogP contribution is -2.09. The third kappa shape index (κ3) is 5.69. The summed E-state index contributed by atoms with van der Waals surface area (Å²) in [6.45, 7) is 0. The Bertz CT molecular complexity index is 1670. The Kier molecular flexibility index (Phi) is 7.50. The van der Waals surface area contributed by atoms with Gasteiger partial charge in [0, 0.05) is 45.9 Å². The fraction of sp³-hybridized carbons (Fsp3) is 0. The number of thiazole rings is 1. The molecule has 0 saturated carbocycles.